The zero-order valence-electron chi connectivity index (χ0n) is 10.1. The molecule has 0 saturated carbocycles. The van der Waals surface area contributed by atoms with E-state index in [2.05, 4.69) is 16.1 Å². The lowest BCUT2D eigenvalue weighted by atomic mass is 10.0. The molecular weight excluding hydrogens is 224 g/mol. The average molecular weight is 238 g/mol. The van der Waals surface area contributed by atoms with Crippen LogP contribution in [0.1, 0.15) is 17.4 Å². The molecule has 1 atom stereocenters. The summed E-state index contributed by atoms with van der Waals surface area (Å²) in [7, 11) is 1.88. The van der Waals surface area contributed by atoms with Gasteiger partial charge < -0.3 is 5.73 Å². The number of rotatable bonds is 2. The molecule has 2 heterocycles. The first-order valence-corrected chi connectivity index (χ1v) is 5.84. The van der Waals surface area contributed by atoms with Crippen molar-refractivity contribution in [1.82, 2.24) is 14.8 Å². The van der Waals surface area contributed by atoms with Crippen LogP contribution in [0.3, 0.4) is 0 Å². The molecule has 0 bridgehead atoms. The van der Waals surface area contributed by atoms with Gasteiger partial charge in [-0.2, -0.15) is 5.10 Å². The molecule has 18 heavy (non-hydrogen) atoms. The minimum absolute atomic E-state index is 0.294. The van der Waals surface area contributed by atoms with Crippen molar-refractivity contribution < 1.29 is 0 Å². The predicted molar refractivity (Wildman–Crippen MR) is 71.0 cm³/mol. The average Bonchev–Trinajstić information content (AvgIpc) is 2.84. The van der Waals surface area contributed by atoms with Crippen LogP contribution in [0.15, 0.2) is 48.8 Å². The lowest BCUT2D eigenvalue weighted by molar-refractivity contribution is 0.710. The number of nitrogens with two attached hydrogens (primary N) is 1. The van der Waals surface area contributed by atoms with E-state index in [0.29, 0.717) is 0 Å². The molecule has 0 aliphatic heterocycles. The van der Waals surface area contributed by atoms with Gasteiger partial charge in [0.1, 0.15) is 0 Å². The van der Waals surface area contributed by atoms with E-state index >= 15 is 0 Å². The van der Waals surface area contributed by atoms with Crippen molar-refractivity contribution in [3.05, 3.63) is 60.2 Å². The Labute approximate surface area is 105 Å². The Kier molecular flexibility index (Phi) is 2.57. The number of hydrogen-bond acceptors (Lipinski definition) is 3. The van der Waals surface area contributed by atoms with Crippen LogP contribution in [-0.2, 0) is 7.05 Å². The molecule has 0 saturated heterocycles. The van der Waals surface area contributed by atoms with Crippen molar-refractivity contribution in [3.63, 3.8) is 0 Å². The zero-order valence-corrected chi connectivity index (χ0v) is 10.1. The first-order chi connectivity index (χ1) is 8.75. The topological polar surface area (TPSA) is 56.7 Å². The van der Waals surface area contributed by atoms with Crippen molar-refractivity contribution in [3.8, 4) is 0 Å². The SMILES string of the molecule is Cn1ccc(C(N)c2nccc3ccccc23)n1. The first-order valence-electron chi connectivity index (χ1n) is 5.84. The largest absolute Gasteiger partial charge is 0.318 e. The van der Waals surface area contributed by atoms with E-state index in [0.717, 1.165) is 22.2 Å². The van der Waals surface area contributed by atoms with Gasteiger partial charge in [-0.3, -0.25) is 9.67 Å². The summed E-state index contributed by atoms with van der Waals surface area (Å²) >= 11 is 0. The van der Waals surface area contributed by atoms with Crippen LogP contribution in [0, 0.1) is 0 Å². The molecule has 1 unspecified atom stereocenters. The second-order valence-corrected chi connectivity index (χ2v) is 4.31. The number of benzene rings is 1. The number of fused-ring (bicyclic) bond motifs is 1. The van der Waals surface area contributed by atoms with Crippen LogP contribution in [-0.4, -0.2) is 14.8 Å². The number of aryl methyl sites for hydroxylation is 1. The fraction of sp³-hybridized carbons (Fsp3) is 0.143. The van der Waals surface area contributed by atoms with E-state index in [4.69, 9.17) is 5.73 Å². The number of hydrogen-bond donors (Lipinski definition) is 1. The van der Waals surface area contributed by atoms with Crippen LogP contribution in [0.4, 0.5) is 0 Å². The van der Waals surface area contributed by atoms with E-state index in [1.807, 2.05) is 43.6 Å². The molecule has 4 nitrogen and oxygen atoms in total. The van der Waals surface area contributed by atoms with Crippen molar-refractivity contribution in [2.75, 3.05) is 0 Å². The Bertz CT molecular complexity index is 682. The van der Waals surface area contributed by atoms with E-state index in [1.165, 1.54) is 0 Å². The van der Waals surface area contributed by atoms with Crippen molar-refractivity contribution in [2.24, 2.45) is 12.8 Å². The number of pyridine rings is 1. The molecule has 3 rings (SSSR count). The van der Waals surface area contributed by atoms with Crippen LogP contribution < -0.4 is 5.73 Å². The second-order valence-electron chi connectivity index (χ2n) is 4.31. The lowest BCUT2D eigenvalue weighted by Gasteiger charge is -2.11. The van der Waals surface area contributed by atoms with Crippen molar-refractivity contribution in [2.45, 2.75) is 6.04 Å². The van der Waals surface area contributed by atoms with Crippen LogP contribution >= 0.6 is 0 Å². The summed E-state index contributed by atoms with van der Waals surface area (Å²) in [5.41, 5.74) is 7.96. The Morgan fingerprint density at radius 1 is 1.17 bits per heavy atom. The highest BCUT2D eigenvalue weighted by molar-refractivity contribution is 5.84. The summed E-state index contributed by atoms with van der Waals surface area (Å²) in [5.74, 6) is 0. The summed E-state index contributed by atoms with van der Waals surface area (Å²) < 4.78 is 1.75. The smallest absolute Gasteiger partial charge is 0.0925 e. The van der Waals surface area contributed by atoms with Gasteiger partial charge in [-0.05, 0) is 17.5 Å². The quantitative estimate of drug-likeness (QED) is 0.743. The molecule has 3 aromatic rings. The molecule has 0 aliphatic carbocycles. The van der Waals surface area contributed by atoms with Gasteiger partial charge in [0.05, 0.1) is 17.4 Å². The van der Waals surface area contributed by atoms with Gasteiger partial charge in [-0.25, -0.2) is 0 Å². The fourth-order valence-corrected chi connectivity index (χ4v) is 2.13. The highest BCUT2D eigenvalue weighted by Crippen LogP contribution is 2.24. The Morgan fingerprint density at radius 2 is 2.00 bits per heavy atom. The summed E-state index contributed by atoms with van der Waals surface area (Å²) in [5, 5.41) is 6.57. The molecule has 0 radical (unpaired) electrons. The van der Waals surface area contributed by atoms with E-state index in [9.17, 15) is 0 Å². The van der Waals surface area contributed by atoms with E-state index < -0.39 is 0 Å². The minimum atomic E-state index is -0.294. The third-order valence-electron chi connectivity index (χ3n) is 3.05. The van der Waals surface area contributed by atoms with Gasteiger partial charge >= 0.3 is 0 Å². The highest BCUT2D eigenvalue weighted by Gasteiger charge is 2.15. The molecule has 4 heteroatoms. The van der Waals surface area contributed by atoms with Crippen molar-refractivity contribution in [1.29, 1.82) is 0 Å². The summed E-state index contributed by atoms with van der Waals surface area (Å²) in [6.07, 6.45) is 3.68. The Morgan fingerprint density at radius 3 is 2.78 bits per heavy atom. The summed E-state index contributed by atoms with van der Waals surface area (Å²) in [4.78, 5) is 4.42. The molecule has 0 amide bonds. The highest BCUT2D eigenvalue weighted by atomic mass is 15.3. The monoisotopic (exact) mass is 238 g/mol. The van der Waals surface area contributed by atoms with Gasteiger partial charge in [0.2, 0.25) is 0 Å². The normalized spacial score (nSPS) is 12.8. The van der Waals surface area contributed by atoms with Gasteiger partial charge in [0.25, 0.3) is 0 Å². The van der Waals surface area contributed by atoms with Gasteiger partial charge in [-0.15, -0.1) is 0 Å². The van der Waals surface area contributed by atoms with Crippen LogP contribution in [0.2, 0.25) is 0 Å². The van der Waals surface area contributed by atoms with E-state index in [-0.39, 0.29) is 6.04 Å². The molecule has 2 aromatic heterocycles. The number of nitrogens with zero attached hydrogens (tertiary/aromatic N) is 3. The van der Waals surface area contributed by atoms with E-state index in [1.54, 1.807) is 10.9 Å². The standard InChI is InChI=1S/C14H14N4/c1-18-9-7-12(17-18)13(15)14-11-5-3-2-4-10(11)6-8-16-14/h2-9,13H,15H2,1H3. The zero-order chi connectivity index (χ0) is 12.5. The fourth-order valence-electron chi connectivity index (χ4n) is 2.13. The maximum atomic E-state index is 6.26. The van der Waals surface area contributed by atoms with Crippen molar-refractivity contribution >= 4 is 10.8 Å². The molecule has 2 N–H and O–H groups in total. The third-order valence-corrected chi connectivity index (χ3v) is 3.05. The number of aromatic nitrogens is 3. The maximum absolute atomic E-state index is 6.26. The van der Waals surface area contributed by atoms with Gasteiger partial charge in [-0.1, -0.05) is 24.3 Å². The summed E-state index contributed by atoms with van der Waals surface area (Å²) in [6.45, 7) is 0. The maximum Gasteiger partial charge on any atom is 0.0925 e. The summed E-state index contributed by atoms with van der Waals surface area (Å²) in [6, 6.07) is 11.7. The van der Waals surface area contributed by atoms with Crippen LogP contribution in [0.5, 0.6) is 0 Å². The lowest BCUT2D eigenvalue weighted by Crippen LogP contribution is -2.15. The molecule has 0 spiro atoms. The molecular formula is C14H14N4. The molecule has 1 aromatic carbocycles. The Hall–Kier alpha value is -2.20. The third kappa shape index (κ3) is 1.76. The second kappa shape index (κ2) is 4.23. The van der Waals surface area contributed by atoms with Gasteiger partial charge in [0, 0.05) is 24.8 Å². The first kappa shape index (κ1) is 10.9. The van der Waals surface area contributed by atoms with Gasteiger partial charge in [0.15, 0.2) is 0 Å². The predicted octanol–water partition coefficient (Wildman–Crippen LogP) is 2.02. The molecule has 0 fully saturated rings. The molecule has 0 aliphatic rings. The minimum Gasteiger partial charge on any atom is -0.318 e. The Balaban J connectivity index is 2.14. The molecule has 90 valence electrons. The van der Waals surface area contributed by atoms with Crippen LogP contribution in [0.25, 0.3) is 10.8 Å².